The Kier molecular flexibility index (Phi) is 4.93. The smallest absolute Gasteiger partial charge is 0.161 e. The first-order valence-electron chi connectivity index (χ1n) is 7.63. The number of hydrogen-bond donors (Lipinski definition) is 0. The number of thiazole rings is 1. The molecule has 4 heteroatoms. The number of nitrogens with zero attached hydrogens (tertiary/aromatic N) is 1. The van der Waals surface area contributed by atoms with Crippen LogP contribution in [0.5, 0.6) is 11.5 Å². The van der Waals surface area contributed by atoms with Gasteiger partial charge in [-0.3, -0.25) is 0 Å². The molecular weight excluding hydrogens is 306 g/mol. The quantitative estimate of drug-likeness (QED) is 0.634. The van der Waals surface area contributed by atoms with Crippen LogP contribution in [-0.2, 0) is 0 Å². The van der Waals surface area contributed by atoms with Crippen LogP contribution in [0.3, 0.4) is 0 Å². The molecule has 0 spiro atoms. The van der Waals surface area contributed by atoms with Crippen LogP contribution >= 0.6 is 11.3 Å². The zero-order valence-corrected chi connectivity index (χ0v) is 14.0. The highest BCUT2D eigenvalue weighted by molar-refractivity contribution is 7.13. The second-order valence-corrected chi connectivity index (χ2v) is 5.75. The van der Waals surface area contributed by atoms with E-state index >= 15 is 0 Å². The van der Waals surface area contributed by atoms with E-state index in [1.807, 2.05) is 55.8 Å². The Morgan fingerprint density at radius 3 is 2.57 bits per heavy atom. The maximum Gasteiger partial charge on any atom is 0.161 e. The van der Waals surface area contributed by atoms with Crippen molar-refractivity contribution in [3.8, 4) is 33.2 Å². The second-order valence-electron chi connectivity index (χ2n) is 4.86. The number of rotatable bonds is 6. The van der Waals surface area contributed by atoms with E-state index in [0.29, 0.717) is 13.2 Å². The van der Waals surface area contributed by atoms with E-state index in [1.54, 1.807) is 11.3 Å². The third-order valence-corrected chi connectivity index (χ3v) is 4.16. The van der Waals surface area contributed by atoms with Crippen LogP contribution in [0, 0.1) is 6.07 Å². The molecule has 23 heavy (non-hydrogen) atoms. The van der Waals surface area contributed by atoms with Gasteiger partial charge in [0.15, 0.2) is 11.5 Å². The highest BCUT2D eigenvalue weighted by Gasteiger charge is 2.09. The summed E-state index contributed by atoms with van der Waals surface area (Å²) in [4.78, 5) is 4.37. The van der Waals surface area contributed by atoms with Gasteiger partial charge in [-0.1, -0.05) is 18.2 Å². The van der Waals surface area contributed by atoms with Crippen molar-refractivity contribution in [1.29, 1.82) is 0 Å². The maximum atomic E-state index is 5.71. The zero-order chi connectivity index (χ0) is 16.1. The minimum absolute atomic E-state index is 0.604. The van der Waals surface area contributed by atoms with Gasteiger partial charge in [0.1, 0.15) is 5.01 Å². The van der Waals surface area contributed by atoms with Gasteiger partial charge in [0, 0.05) is 17.1 Å². The fraction of sp³-hybridized carbons (Fsp3) is 0.211. The summed E-state index contributed by atoms with van der Waals surface area (Å²) in [5.74, 6) is 1.54. The highest BCUT2D eigenvalue weighted by atomic mass is 32.1. The van der Waals surface area contributed by atoms with Crippen molar-refractivity contribution in [2.24, 2.45) is 0 Å². The summed E-state index contributed by atoms with van der Waals surface area (Å²) >= 11 is 1.63. The summed E-state index contributed by atoms with van der Waals surface area (Å²) in [7, 11) is 0. The van der Waals surface area contributed by atoms with Crippen molar-refractivity contribution >= 4 is 11.3 Å². The van der Waals surface area contributed by atoms with Crippen molar-refractivity contribution < 1.29 is 9.47 Å². The number of aromatic nitrogens is 1. The number of benzene rings is 2. The molecule has 1 radical (unpaired) electrons. The van der Waals surface area contributed by atoms with E-state index in [2.05, 4.69) is 17.1 Å². The van der Waals surface area contributed by atoms with Gasteiger partial charge in [-0.15, -0.1) is 11.3 Å². The first-order chi connectivity index (χ1) is 11.3. The van der Waals surface area contributed by atoms with E-state index in [0.717, 1.165) is 33.2 Å². The van der Waals surface area contributed by atoms with Crippen molar-refractivity contribution in [2.45, 2.75) is 13.8 Å². The number of hydrogen-bond acceptors (Lipinski definition) is 4. The van der Waals surface area contributed by atoms with Gasteiger partial charge in [0.25, 0.3) is 0 Å². The molecule has 0 fully saturated rings. The average molecular weight is 324 g/mol. The molecular formula is C19H18NO2S. The van der Waals surface area contributed by atoms with Crippen LogP contribution < -0.4 is 9.47 Å². The molecule has 1 aromatic heterocycles. The standard InChI is InChI=1S/C19H18NO2S/c1-3-21-17-9-8-15(13-18(17)22-4-2)14-6-5-7-16(12-14)19-20-10-11-23-19/h5,7-13H,3-4H2,1-2H3. The molecule has 117 valence electrons. The van der Waals surface area contributed by atoms with E-state index in [1.165, 1.54) is 0 Å². The lowest BCUT2D eigenvalue weighted by Crippen LogP contribution is -1.98. The normalized spacial score (nSPS) is 10.5. The largest absolute Gasteiger partial charge is 0.490 e. The SMILES string of the molecule is CCOc1ccc(-c2[c]ccc(-c3nccs3)c2)cc1OCC. The molecule has 0 amide bonds. The van der Waals surface area contributed by atoms with Crippen LogP contribution in [0.4, 0.5) is 0 Å². The Bertz CT molecular complexity index is 769. The van der Waals surface area contributed by atoms with Crippen LogP contribution in [0.25, 0.3) is 21.7 Å². The van der Waals surface area contributed by atoms with Crippen LogP contribution in [0.15, 0.2) is 48.0 Å². The van der Waals surface area contributed by atoms with Gasteiger partial charge >= 0.3 is 0 Å². The molecule has 0 unspecified atom stereocenters. The van der Waals surface area contributed by atoms with E-state index in [-0.39, 0.29) is 0 Å². The van der Waals surface area contributed by atoms with Gasteiger partial charge in [-0.05, 0) is 49.2 Å². The van der Waals surface area contributed by atoms with Crippen molar-refractivity contribution in [1.82, 2.24) is 4.98 Å². The Labute approximate surface area is 140 Å². The molecule has 1 heterocycles. The predicted octanol–water partition coefficient (Wildman–Crippen LogP) is 5.07. The molecule has 0 aliphatic carbocycles. The second kappa shape index (κ2) is 7.29. The van der Waals surface area contributed by atoms with Crippen molar-refractivity contribution in [3.63, 3.8) is 0 Å². The van der Waals surface area contributed by atoms with Gasteiger partial charge < -0.3 is 9.47 Å². The number of ether oxygens (including phenoxy) is 2. The van der Waals surface area contributed by atoms with Crippen LogP contribution in [-0.4, -0.2) is 18.2 Å². The van der Waals surface area contributed by atoms with Crippen molar-refractivity contribution in [2.75, 3.05) is 13.2 Å². The Hall–Kier alpha value is -2.33. The molecule has 0 aliphatic heterocycles. The molecule has 3 aromatic rings. The topological polar surface area (TPSA) is 31.4 Å². The van der Waals surface area contributed by atoms with Crippen LogP contribution in [0.1, 0.15) is 13.8 Å². The Morgan fingerprint density at radius 1 is 1.00 bits per heavy atom. The molecule has 0 N–H and O–H groups in total. The summed E-state index contributed by atoms with van der Waals surface area (Å²) < 4.78 is 11.3. The molecule has 0 atom stereocenters. The van der Waals surface area contributed by atoms with Gasteiger partial charge in [0.2, 0.25) is 0 Å². The minimum atomic E-state index is 0.604. The monoisotopic (exact) mass is 324 g/mol. The van der Waals surface area contributed by atoms with E-state index in [9.17, 15) is 0 Å². The molecule has 3 nitrogen and oxygen atoms in total. The van der Waals surface area contributed by atoms with E-state index < -0.39 is 0 Å². The molecule has 3 rings (SSSR count). The summed E-state index contributed by atoms with van der Waals surface area (Å²) in [6.07, 6.45) is 1.82. The first kappa shape index (κ1) is 15.6. The van der Waals surface area contributed by atoms with E-state index in [4.69, 9.17) is 9.47 Å². The van der Waals surface area contributed by atoms with Gasteiger partial charge in [0.05, 0.1) is 13.2 Å². The molecule has 0 bridgehead atoms. The summed E-state index contributed by atoms with van der Waals surface area (Å²) in [6, 6.07) is 15.3. The lowest BCUT2D eigenvalue weighted by Gasteiger charge is -2.12. The van der Waals surface area contributed by atoms with Crippen LogP contribution in [0.2, 0.25) is 0 Å². The first-order valence-corrected chi connectivity index (χ1v) is 8.51. The Balaban J connectivity index is 1.98. The summed E-state index contributed by atoms with van der Waals surface area (Å²) in [5.41, 5.74) is 3.16. The minimum Gasteiger partial charge on any atom is -0.490 e. The molecule has 0 aliphatic rings. The lowest BCUT2D eigenvalue weighted by molar-refractivity contribution is 0.288. The van der Waals surface area contributed by atoms with Crippen molar-refractivity contribution in [3.05, 3.63) is 54.0 Å². The third kappa shape index (κ3) is 3.54. The molecule has 2 aromatic carbocycles. The summed E-state index contributed by atoms with van der Waals surface area (Å²) in [6.45, 7) is 5.16. The Morgan fingerprint density at radius 2 is 1.83 bits per heavy atom. The fourth-order valence-corrected chi connectivity index (χ4v) is 2.99. The highest BCUT2D eigenvalue weighted by Crippen LogP contribution is 2.34. The lowest BCUT2D eigenvalue weighted by atomic mass is 10.0. The summed E-state index contributed by atoms with van der Waals surface area (Å²) in [5, 5.41) is 2.99. The maximum absolute atomic E-state index is 5.71. The molecule has 0 saturated carbocycles. The fourth-order valence-electron chi connectivity index (χ4n) is 2.35. The average Bonchev–Trinajstić information content (AvgIpc) is 3.12. The van der Waals surface area contributed by atoms with Gasteiger partial charge in [-0.2, -0.15) is 0 Å². The van der Waals surface area contributed by atoms with Gasteiger partial charge in [-0.25, -0.2) is 4.98 Å². The molecule has 0 saturated heterocycles. The zero-order valence-electron chi connectivity index (χ0n) is 13.2. The third-order valence-electron chi connectivity index (χ3n) is 3.34. The predicted molar refractivity (Wildman–Crippen MR) is 94.2 cm³/mol.